The number of amides is 1. The van der Waals surface area contributed by atoms with Crippen molar-refractivity contribution >= 4 is 11.7 Å². The molecule has 3 aliphatic carbocycles. The van der Waals surface area contributed by atoms with Crippen LogP contribution in [0.4, 0.5) is 0 Å². The summed E-state index contributed by atoms with van der Waals surface area (Å²) in [7, 11) is 0. The number of aliphatic hydroxyl groups excluding tert-OH is 1. The average Bonchev–Trinajstić information content (AvgIpc) is 3.38. The molecule has 0 aromatic carbocycles. The van der Waals surface area contributed by atoms with Crippen LogP contribution in [-0.2, 0) is 9.59 Å². The van der Waals surface area contributed by atoms with Crippen LogP contribution in [0.1, 0.15) is 87.0 Å². The molecule has 0 heterocycles. The quantitative estimate of drug-likeness (QED) is 0.614. The van der Waals surface area contributed by atoms with Crippen LogP contribution in [0.25, 0.3) is 0 Å². The molecule has 5 atom stereocenters. The van der Waals surface area contributed by atoms with Crippen molar-refractivity contribution in [2.45, 2.75) is 99.1 Å². The molecular weight excluding hydrogens is 350 g/mol. The van der Waals surface area contributed by atoms with Crippen molar-refractivity contribution in [2.24, 2.45) is 39.9 Å². The second kappa shape index (κ2) is 7.11. The first kappa shape index (κ1) is 21.8. The van der Waals surface area contributed by atoms with E-state index in [1.165, 1.54) is 0 Å². The first-order valence-corrected chi connectivity index (χ1v) is 11.3. The summed E-state index contributed by atoms with van der Waals surface area (Å²) in [6, 6.07) is 0.397. The summed E-state index contributed by atoms with van der Waals surface area (Å²) in [5, 5.41) is 14.2. The topological polar surface area (TPSA) is 66.4 Å². The Morgan fingerprint density at radius 2 is 1.57 bits per heavy atom. The van der Waals surface area contributed by atoms with Crippen LogP contribution in [-0.4, -0.2) is 28.9 Å². The number of hydrogen-bond acceptors (Lipinski definition) is 3. The minimum Gasteiger partial charge on any atom is -0.392 e. The minimum absolute atomic E-state index is 0.163. The maximum Gasteiger partial charge on any atom is 0.225 e. The highest BCUT2D eigenvalue weighted by Gasteiger charge is 2.54. The number of carbonyl (C=O) groups excluding carboxylic acids is 2. The molecule has 160 valence electrons. The van der Waals surface area contributed by atoms with Crippen LogP contribution in [0.15, 0.2) is 0 Å². The lowest BCUT2D eigenvalue weighted by Crippen LogP contribution is -2.39. The van der Waals surface area contributed by atoms with E-state index in [4.69, 9.17) is 0 Å². The molecular formula is C24H41NO3. The fourth-order valence-electron chi connectivity index (χ4n) is 4.98. The minimum atomic E-state index is -0.368. The number of carbonyl (C=O) groups is 2. The molecule has 1 amide bonds. The number of nitrogens with one attached hydrogen (secondary N) is 1. The van der Waals surface area contributed by atoms with Crippen molar-refractivity contribution in [3.05, 3.63) is 0 Å². The van der Waals surface area contributed by atoms with Crippen molar-refractivity contribution in [2.75, 3.05) is 0 Å². The molecule has 0 spiro atoms. The van der Waals surface area contributed by atoms with Crippen molar-refractivity contribution < 1.29 is 14.7 Å². The molecule has 0 aromatic rings. The van der Waals surface area contributed by atoms with Gasteiger partial charge >= 0.3 is 0 Å². The molecule has 0 aromatic heterocycles. The first-order valence-electron chi connectivity index (χ1n) is 11.3. The van der Waals surface area contributed by atoms with Gasteiger partial charge in [-0.1, -0.05) is 48.5 Å². The summed E-state index contributed by atoms with van der Waals surface area (Å²) >= 11 is 0. The highest BCUT2D eigenvalue weighted by atomic mass is 16.3. The number of rotatable bonds is 9. The zero-order valence-corrected chi connectivity index (χ0v) is 19.0. The number of Topliss-reactive ketones (excluding diaryl/α,β-unsaturated/α-hetero) is 1. The Morgan fingerprint density at radius 1 is 0.964 bits per heavy atom. The van der Waals surface area contributed by atoms with Gasteiger partial charge in [-0.15, -0.1) is 0 Å². The van der Waals surface area contributed by atoms with E-state index in [-0.39, 0.29) is 34.2 Å². The maximum atomic E-state index is 12.5. The molecule has 3 saturated carbocycles. The van der Waals surface area contributed by atoms with Gasteiger partial charge < -0.3 is 10.4 Å². The molecule has 0 saturated heterocycles. The van der Waals surface area contributed by atoms with Gasteiger partial charge in [-0.25, -0.2) is 0 Å². The predicted octanol–water partition coefficient (Wildman–Crippen LogP) is 4.35. The third-order valence-corrected chi connectivity index (χ3v) is 7.27. The summed E-state index contributed by atoms with van der Waals surface area (Å²) in [6.07, 6.45) is 5.62. The van der Waals surface area contributed by atoms with E-state index in [1.807, 2.05) is 34.6 Å². The Balaban J connectivity index is 1.48. The summed E-state index contributed by atoms with van der Waals surface area (Å²) < 4.78 is 0. The largest absolute Gasteiger partial charge is 0.392 e. The van der Waals surface area contributed by atoms with Gasteiger partial charge in [0.25, 0.3) is 0 Å². The standard InChI is InChI=1S/C24H41NO3/c1-22(2,3)19(26)17-10-14(17)12-23(4,5)20(27)18-11-15(18)13-24(6,7)21(28)25-16-8-9-16/h14-18,20,27H,8-13H2,1-7H3,(H,25,28). The fourth-order valence-corrected chi connectivity index (χ4v) is 4.98. The van der Waals surface area contributed by atoms with Crippen LogP contribution in [0, 0.1) is 39.9 Å². The maximum absolute atomic E-state index is 12.5. The van der Waals surface area contributed by atoms with E-state index in [2.05, 4.69) is 19.2 Å². The molecule has 28 heavy (non-hydrogen) atoms. The van der Waals surface area contributed by atoms with E-state index in [0.29, 0.717) is 29.6 Å². The summed E-state index contributed by atoms with van der Waals surface area (Å²) in [5.74, 6) is 1.87. The first-order chi connectivity index (χ1) is 12.7. The molecule has 3 fully saturated rings. The molecule has 2 N–H and O–H groups in total. The number of aliphatic hydroxyl groups is 1. The van der Waals surface area contributed by atoms with Gasteiger partial charge in [0.1, 0.15) is 5.78 Å². The van der Waals surface area contributed by atoms with Gasteiger partial charge in [-0.05, 0) is 61.7 Å². The van der Waals surface area contributed by atoms with E-state index in [0.717, 1.165) is 38.5 Å². The van der Waals surface area contributed by atoms with E-state index in [9.17, 15) is 14.7 Å². The zero-order valence-electron chi connectivity index (χ0n) is 19.0. The average molecular weight is 392 g/mol. The lowest BCUT2D eigenvalue weighted by Gasteiger charge is -2.32. The Kier molecular flexibility index (Phi) is 5.53. The second-order valence-electron chi connectivity index (χ2n) is 12.3. The van der Waals surface area contributed by atoms with Crippen LogP contribution < -0.4 is 5.32 Å². The predicted molar refractivity (Wildman–Crippen MR) is 112 cm³/mol. The van der Waals surface area contributed by atoms with Crippen molar-refractivity contribution in [3.8, 4) is 0 Å². The Labute approximate surface area is 171 Å². The molecule has 4 heteroatoms. The highest BCUT2D eigenvalue weighted by molar-refractivity contribution is 5.88. The van der Waals surface area contributed by atoms with Gasteiger partial charge in [0.15, 0.2) is 0 Å². The van der Waals surface area contributed by atoms with Crippen molar-refractivity contribution in [1.29, 1.82) is 0 Å². The third-order valence-electron chi connectivity index (χ3n) is 7.27. The molecule has 0 radical (unpaired) electrons. The fraction of sp³-hybridized carbons (Fsp3) is 0.917. The summed E-state index contributed by atoms with van der Waals surface area (Å²) in [6.45, 7) is 14.4. The SMILES string of the molecule is CC(C)(C)C(=O)C1CC1CC(C)(C)C(O)C1CC1CC(C)(C)C(=O)NC1CC1. The Morgan fingerprint density at radius 3 is 2.11 bits per heavy atom. The van der Waals surface area contributed by atoms with E-state index >= 15 is 0 Å². The smallest absolute Gasteiger partial charge is 0.225 e. The van der Waals surface area contributed by atoms with Crippen LogP contribution in [0.5, 0.6) is 0 Å². The second-order valence-corrected chi connectivity index (χ2v) is 12.3. The number of hydrogen-bond donors (Lipinski definition) is 2. The van der Waals surface area contributed by atoms with E-state index in [1.54, 1.807) is 0 Å². The van der Waals surface area contributed by atoms with Crippen LogP contribution in [0.2, 0.25) is 0 Å². The van der Waals surface area contributed by atoms with E-state index < -0.39 is 0 Å². The van der Waals surface area contributed by atoms with Gasteiger partial charge in [-0.2, -0.15) is 0 Å². The normalized spacial score (nSPS) is 31.3. The van der Waals surface area contributed by atoms with Crippen LogP contribution in [0.3, 0.4) is 0 Å². The molecule has 4 nitrogen and oxygen atoms in total. The van der Waals surface area contributed by atoms with Gasteiger partial charge in [0.2, 0.25) is 5.91 Å². The number of ketones is 1. The third kappa shape index (κ3) is 4.98. The summed E-state index contributed by atoms with van der Waals surface area (Å²) in [4.78, 5) is 25.0. The van der Waals surface area contributed by atoms with Gasteiger partial charge in [0.05, 0.1) is 6.10 Å². The van der Waals surface area contributed by atoms with Crippen LogP contribution >= 0.6 is 0 Å². The molecule has 0 aliphatic heterocycles. The van der Waals surface area contributed by atoms with Gasteiger partial charge in [0, 0.05) is 22.8 Å². The molecule has 3 aliphatic rings. The monoisotopic (exact) mass is 391 g/mol. The summed E-state index contributed by atoms with van der Waals surface area (Å²) in [5.41, 5.74) is -0.819. The molecule has 0 bridgehead atoms. The zero-order chi connectivity index (χ0) is 21.1. The lowest BCUT2D eigenvalue weighted by molar-refractivity contribution is -0.130. The van der Waals surface area contributed by atoms with Crippen molar-refractivity contribution in [3.63, 3.8) is 0 Å². The Hall–Kier alpha value is -0.900. The molecule has 5 unspecified atom stereocenters. The van der Waals surface area contributed by atoms with Crippen molar-refractivity contribution in [1.82, 2.24) is 5.32 Å². The highest BCUT2D eigenvalue weighted by Crippen LogP contribution is 2.56. The van der Waals surface area contributed by atoms with Gasteiger partial charge in [-0.3, -0.25) is 9.59 Å². The Bertz CT molecular complexity index is 626. The lowest BCUT2D eigenvalue weighted by atomic mass is 9.76. The molecule has 3 rings (SSSR count).